The fourth-order valence-electron chi connectivity index (χ4n) is 0.139. The maximum Gasteiger partial charge on any atom is 0.478 e. The van der Waals surface area contributed by atoms with Gasteiger partial charge in [0.25, 0.3) is 0 Å². The van der Waals surface area contributed by atoms with Crippen molar-refractivity contribution in [2.24, 2.45) is 0 Å². The van der Waals surface area contributed by atoms with E-state index < -0.39 is 32.2 Å². The molecule has 0 amide bonds. The molecule has 0 radical (unpaired) electrons. The van der Waals surface area contributed by atoms with Crippen LogP contribution in [0.3, 0.4) is 0 Å². The van der Waals surface area contributed by atoms with E-state index in [2.05, 4.69) is 4.31 Å². The lowest BCUT2D eigenvalue weighted by Crippen LogP contribution is -1.84. The van der Waals surface area contributed by atoms with E-state index in [1.807, 2.05) is 0 Å². The molecule has 0 atom stereocenters. The van der Waals surface area contributed by atoms with Crippen LogP contribution in [0.2, 0.25) is 0 Å². The van der Waals surface area contributed by atoms with Gasteiger partial charge in [0.15, 0.2) is 0 Å². The van der Waals surface area contributed by atoms with Crippen molar-refractivity contribution < 1.29 is 61.7 Å². The second-order valence-electron chi connectivity index (χ2n) is 1.63. The fourth-order valence-corrected chi connectivity index (χ4v) is 1.25. The molecule has 17 heavy (non-hydrogen) atoms. The van der Waals surface area contributed by atoms with Gasteiger partial charge in [0.2, 0.25) is 0 Å². The first kappa shape index (κ1) is 22.7. The summed E-state index contributed by atoms with van der Waals surface area (Å²) in [6, 6.07) is 0. The minimum Gasteiger partial charge on any atom is -0.326 e. The molecule has 17 heteroatoms. The average Bonchev–Trinajstić information content (AvgIpc) is 1.70. The van der Waals surface area contributed by atoms with Crippen LogP contribution in [0.5, 0.6) is 0 Å². The number of rotatable bonds is 2. The summed E-state index contributed by atoms with van der Waals surface area (Å²) >= 11 is 0. The van der Waals surface area contributed by atoms with Gasteiger partial charge in [0.1, 0.15) is 0 Å². The predicted octanol–water partition coefficient (Wildman–Crippen LogP) is -2.09. The average molecular weight is 342 g/mol. The van der Waals surface area contributed by atoms with Gasteiger partial charge in [-0.1, -0.05) is 0 Å². The third kappa shape index (κ3) is 81.6. The molecule has 0 aromatic carbocycles. The molecule has 0 bridgehead atoms. The van der Waals surface area contributed by atoms with Crippen molar-refractivity contribution in [3.05, 3.63) is 0 Å². The van der Waals surface area contributed by atoms with Crippen molar-refractivity contribution in [3.63, 3.8) is 0 Å². The highest BCUT2D eigenvalue weighted by molar-refractivity contribution is 7.60. The Morgan fingerprint density at radius 2 is 0.824 bits per heavy atom. The molecule has 0 aromatic rings. The van der Waals surface area contributed by atoms with Gasteiger partial charge in [-0.15, -0.1) is 0 Å². The van der Waals surface area contributed by atoms with Crippen LogP contribution in [0.1, 0.15) is 0 Å². The molecule has 0 aromatic heterocycles. The fraction of sp³-hybridized carbons (Fsp3) is 0. The van der Waals surface area contributed by atoms with Gasteiger partial charge in [-0.3, -0.25) is 9.13 Å². The van der Waals surface area contributed by atoms with Crippen molar-refractivity contribution in [2.45, 2.75) is 0 Å². The minimum absolute atomic E-state index is 2.96. The van der Waals surface area contributed by atoms with Gasteiger partial charge in [-0.05, 0) is 0 Å². The molecule has 0 aliphatic carbocycles. The van der Waals surface area contributed by atoms with Crippen LogP contribution in [-0.2, 0) is 22.6 Å². The molecule has 0 rings (SSSR count). The van der Waals surface area contributed by atoms with Gasteiger partial charge >= 0.3 is 32.2 Å². The molecule has 0 saturated heterocycles. The highest BCUT2D eigenvalue weighted by Gasteiger charge is 2.27. The molecular weight excluding hydrogens is 332 g/mol. The molecule has 0 saturated carbocycles. The van der Waals surface area contributed by atoms with Crippen LogP contribution in [0, 0.1) is 0 Å². The van der Waals surface area contributed by atoms with Gasteiger partial charge in [-0.2, -0.15) is 4.31 Å². The lowest BCUT2D eigenvalue weighted by atomic mass is 15.7. The number of hydrogen-bond acceptors (Lipinski definition) is 5. The van der Waals surface area contributed by atoms with E-state index in [9.17, 15) is 9.13 Å². The van der Waals surface area contributed by atoms with Crippen molar-refractivity contribution in [3.8, 4) is 0 Å². The largest absolute Gasteiger partial charge is 0.478 e. The Labute approximate surface area is 94.7 Å². The summed E-state index contributed by atoms with van der Waals surface area (Å²) in [7, 11) is -16.4. The van der Waals surface area contributed by atoms with E-state index in [-0.39, 0.29) is 0 Å². The van der Waals surface area contributed by atoms with E-state index >= 15 is 0 Å². The van der Waals surface area contributed by atoms with Crippen LogP contribution in [0.25, 0.3) is 0 Å². The van der Waals surface area contributed by atoms with Crippen LogP contribution in [-0.4, -0.2) is 39.1 Å². The van der Waals surface area contributed by atoms with Crippen molar-refractivity contribution in [1.29, 1.82) is 0 Å². The lowest BCUT2D eigenvalue weighted by molar-refractivity contribution is 0.225. The molecule has 108 valence electrons. The Balaban J connectivity index is -0.000000205. The van der Waals surface area contributed by atoms with Gasteiger partial charge < -0.3 is 39.1 Å². The third-order valence-electron chi connectivity index (χ3n) is 0.213. The molecule has 0 aliphatic heterocycles. The number of phosphoric acid groups is 2. The van der Waals surface area contributed by atoms with Crippen LogP contribution < -0.4 is 0 Å². The van der Waals surface area contributed by atoms with Crippen molar-refractivity contribution in [2.75, 3.05) is 0 Å². The lowest BCUT2D eigenvalue weighted by Gasteiger charge is -2.03. The Hall–Kier alpha value is 0.560. The Morgan fingerprint density at radius 3 is 0.824 bits per heavy atom. The van der Waals surface area contributed by atoms with Gasteiger partial charge in [0.05, 0.1) is 0 Å². The smallest absolute Gasteiger partial charge is 0.326 e. The summed E-state index contributed by atoms with van der Waals surface area (Å²) < 4.78 is 39.7. The summed E-state index contributed by atoms with van der Waals surface area (Å²) in [6.45, 7) is 0. The SMILES string of the molecule is O=P(O)(O)OP(=O)(O)O.O=[PH](O)O.O=[PH](O)O. The maximum atomic E-state index is 9.63. The molecule has 0 spiro atoms. The summed E-state index contributed by atoms with van der Waals surface area (Å²) in [4.78, 5) is 59.6. The Bertz CT molecular complexity index is 274. The summed E-state index contributed by atoms with van der Waals surface area (Å²) in [5, 5.41) is 0. The molecule has 0 heterocycles. The van der Waals surface area contributed by atoms with Crippen LogP contribution in [0.15, 0.2) is 0 Å². The molecule has 0 unspecified atom stereocenters. The first-order valence-corrected chi connectivity index (χ1v) is 8.50. The van der Waals surface area contributed by atoms with E-state index in [0.717, 1.165) is 0 Å². The van der Waals surface area contributed by atoms with Crippen molar-refractivity contribution >= 4 is 32.2 Å². The minimum atomic E-state index is -5.05. The second-order valence-corrected chi connectivity index (χ2v) is 5.37. The molecule has 8 N–H and O–H groups in total. The first-order chi connectivity index (χ1) is 7.17. The summed E-state index contributed by atoms with van der Waals surface area (Å²) in [6.07, 6.45) is 0. The molecular formula is H10O13P4. The monoisotopic (exact) mass is 342 g/mol. The Morgan fingerprint density at radius 1 is 0.706 bits per heavy atom. The van der Waals surface area contributed by atoms with E-state index in [1.54, 1.807) is 0 Å². The maximum absolute atomic E-state index is 9.63. The van der Waals surface area contributed by atoms with E-state index in [0.29, 0.717) is 0 Å². The zero-order chi connectivity index (χ0) is 14.9. The second kappa shape index (κ2) is 10.5. The molecule has 0 fully saturated rings. The van der Waals surface area contributed by atoms with Crippen LogP contribution >= 0.6 is 32.2 Å². The number of hydrogen-bond donors (Lipinski definition) is 8. The Kier molecular flexibility index (Phi) is 14.0. The zero-order valence-corrected chi connectivity index (χ0v) is 11.3. The van der Waals surface area contributed by atoms with Gasteiger partial charge in [0, 0.05) is 0 Å². The van der Waals surface area contributed by atoms with E-state index in [1.165, 1.54) is 0 Å². The topological polar surface area (TPSA) is 239 Å². The summed E-state index contributed by atoms with van der Waals surface area (Å²) in [5.41, 5.74) is 0. The first-order valence-electron chi connectivity index (χ1n) is 2.83. The highest BCUT2D eigenvalue weighted by Crippen LogP contribution is 2.53. The van der Waals surface area contributed by atoms with E-state index in [4.69, 9.17) is 48.3 Å². The zero-order valence-electron chi connectivity index (χ0n) is 7.51. The molecule has 0 aliphatic rings. The third-order valence-corrected chi connectivity index (χ3v) is 1.91. The van der Waals surface area contributed by atoms with Gasteiger partial charge in [-0.25, -0.2) is 9.13 Å². The standard InChI is InChI=1S/H4O7P2.2H3O3P/c1-8(2,3)7-9(4,5)6;2*1-4(2)3/h(H2,1,2,3)(H2,4,5,6);2*4H,(H2,1,2,3). The molecule has 13 nitrogen and oxygen atoms in total. The quantitative estimate of drug-likeness (QED) is 0.251. The summed E-state index contributed by atoms with van der Waals surface area (Å²) in [5.74, 6) is 0. The van der Waals surface area contributed by atoms with Crippen molar-refractivity contribution in [1.82, 2.24) is 0 Å². The predicted molar refractivity (Wildman–Crippen MR) is 52.1 cm³/mol. The van der Waals surface area contributed by atoms with Crippen LogP contribution in [0.4, 0.5) is 0 Å². The normalized spacial score (nSPS) is 11.4. The highest BCUT2D eigenvalue weighted by atomic mass is 31.3.